The maximum Gasteiger partial charge on any atom is 0.251 e. The topological polar surface area (TPSA) is 74.8 Å². The van der Waals surface area contributed by atoms with Gasteiger partial charge in [-0.25, -0.2) is 4.98 Å². The molecule has 0 aliphatic rings. The summed E-state index contributed by atoms with van der Waals surface area (Å²) in [5.41, 5.74) is 3.12. The normalized spacial score (nSPS) is 13.6. The predicted octanol–water partition coefficient (Wildman–Crippen LogP) is 2.41. The van der Waals surface area contributed by atoms with Gasteiger partial charge in [0.25, 0.3) is 5.91 Å². The molecular weight excluding hydrogens is 310 g/mol. The van der Waals surface area contributed by atoms with Crippen molar-refractivity contribution in [3.05, 3.63) is 66.0 Å². The summed E-state index contributed by atoms with van der Waals surface area (Å²) in [6.07, 6.45) is 3.23. The van der Waals surface area contributed by atoms with Crippen LogP contribution < -0.4 is 5.32 Å². The van der Waals surface area contributed by atoms with Gasteiger partial charge in [-0.1, -0.05) is 30.3 Å². The zero-order valence-electron chi connectivity index (χ0n) is 12.7. The highest BCUT2D eigenvalue weighted by Gasteiger charge is 2.17. The van der Waals surface area contributed by atoms with Crippen LogP contribution in [0.25, 0.3) is 11.0 Å². The lowest BCUT2D eigenvalue weighted by molar-refractivity contribution is 0.0940. The molecule has 6 heteroatoms. The number of nitrogens with zero attached hydrogens (tertiary/aromatic N) is 1. The summed E-state index contributed by atoms with van der Waals surface area (Å²) in [5, 5.41) is 2.97. The van der Waals surface area contributed by atoms with Gasteiger partial charge in [-0.05, 0) is 23.8 Å². The van der Waals surface area contributed by atoms with Gasteiger partial charge in [-0.15, -0.1) is 0 Å². The van der Waals surface area contributed by atoms with Crippen LogP contribution >= 0.6 is 0 Å². The molecule has 5 nitrogen and oxygen atoms in total. The zero-order chi connectivity index (χ0) is 16.2. The number of aromatic amines is 1. The molecule has 0 fully saturated rings. The lowest BCUT2D eigenvalue weighted by Crippen LogP contribution is -2.31. The van der Waals surface area contributed by atoms with E-state index < -0.39 is 10.8 Å². The number of hydrogen-bond donors (Lipinski definition) is 2. The first-order chi connectivity index (χ1) is 11.1. The Morgan fingerprint density at radius 1 is 1.26 bits per heavy atom. The number of carbonyl (C=O) groups excluding carboxylic acids is 1. The SMILES string of the molecule is C[S@](=O)C[C@@H](NC(=O)c1ccc2nc[nH]c2c1)c1ccccc1. The average Bonchev–Trinajstić information content (AvgIpc) is 3.02. The van der Waals surface area contributed by atoms with E-state index in [1.165, 1.54) is 0 Å². The molecule has 0 aliphatic carbocycles. The molecule has 0 bridgehead atoms. The molecule has 1 heterocycles. The van der Waals surface area contributed by atoms with E-state index in [-0.39, 0.29) is 11.9 Å². The molecule has 0 spiro atoms. The first-order valence-electron chi connectivity index (χ1n) is 7.22. The van der Waals surface area contributed by atoms with Gasteiger partial charge in [0, 0.05) is 28.4 Å². The van der Waals surface area contributed by atoms with Crippen molar-refractivity contribution in [2.75, 3.05) is 12.0 Å². The fourth-order valence-electron chi connectivity index (χ4n) is 2.46. The van der Waals surface area contributed by atoms with E-state index in [1.807, 2.05) is 30.3 Å². The Hall–Kier alpha value is -2.47. The molecule has 0 aliphatic heterocycles. The van der Waals surface area contributed by atoms with Gasteiger partial charge < -0.3 is 10.3 Å². The van der Waals surface area contributed by atoms with Gasteiger partial charge in [0.05, 0.1) is 23.4 Å². The Morgan fingerprint density at radius 3 is 2.78 bits per heavy atom. The first-order valence-corrected chi connectivity index (χ1v) is 8.95. The van der Waals surface area contributed by atoms with Gasteiger partial charge in [0.1, 0.15) is 0 Å². The number of imidazole rings is 1. The molecule has 0 saturated carbocycles. The van der Waals surface area contributed by atoms with Crippen molar-refractivity contribution in [2.45, 2.75) is 6.04 Å². The van der Waals surface area contributed by atoms with E-state index in [4.69, 9.17) is 0 Å². The minimum atomic E-state index is -1.02. The van der Waals surface area contributed by atoms with E-state index in [2.05, 4.69) is 15.3 Å². The summed E-state index contributed by atoms with van der Waals surface area (Å²) < 4.78 is 11.6. The highest BCUT2D eigenvalue weighted by Crippen LogP contribution is 2.16. The van der Waals surface area contributed by atoms with Crippen LogP contribution in [-0.4, -0.2) is 32.1 Å². The first kappa shape index (κ1) is 15.4. The lowest BCUT2D eigenvalue weighted by Gasteiger charge is -2.18. The Balaban J connectivity index is 1.83. The fraction of sp³-hybridized carbons (Fsp3) is 0.176. The standard InChI is InChI=1S/C17H17N3O2S/c1-23(22)10-16(12-5-3-2-4-6-12)20-17(21)13-7-8-14-15(9-13)19-11-18-14/h2-9,11,16H,10H2,1H3,(H,18,19)(H,20,21)/t16-,23+/m1/s1. The van der Waals surface area contributed by atoms with Gasteiger partial charge in [-0.3, -0.25) is 9.00 Å². The fourth-order valence-corrected chi connectivity index (χ4v) is 3.20. The van der Waals surface area contributed by atoms with Gasteiger partial charge in [-0.2, -0.15) is 0 Å². The second-order valence-electron chi connectivity index (χ2n) is 5.31. The molecular formula is C17H17N3O2S. The Labute approximate surface area is 136 Å². The molecule has 2 aromatic carbocycles. The number of hydrogen-bond acceptors (Lipinski definition) is 3. The monoisotopic (exact) mass is 327 g/mol. The van der Waals surface area contributed by atoms with E-state index in [0.29, 0.717) is 11.3 Å². The van der Waals surface area contributed by atoms with Crippen molar-refractivity contribution < 1.29 is 9.00 Å². The third kappa shape index (κ3) is 3.65. The maximum absolute atomic E-state index is 12.5. The minimum absolute atomic E-state index is 0.194. The van der Waals surface area contributed by atoms with E-state index in [0.717, 1.165) is 16.6 Å². The molecule has 3 rings (SSSR count). The number of amides is 1. The van der Waals surface area contributed by atoms with E-state index in [9.17, 15) is 9.00 Å². The average molecular weight is 327 g/mol. The number of aromatic nitrogens is 2. The van der Waals surface area contributed by atoms with Crippen molar-refractivity contribution in [3.8, 4) is 0 Å². The second-order valence-corrected chi connectivity index (χ2v) is 6.79. The van der Waals surface area contributed by atoms with Crippen LogP contribution in [0.15, 0.2) is 54.9 Å². The van der Waals surface area contributed by atoms with Crippen molar-refractivity contribution in [1.82, 2.24) is 15.3 Å². The van der Waals surface area contributed by atoms with Gasteiger partial charge in [0.2, 0.25) is 0 Å². The summed E-state index contributed by atoms with van der Waals surface area (Å²) in [6.45, 7) is 0. The predicted molar refractivity (Wildman–Crippen MR) is 91.7 cm³/mol. The molecule has 2 N–H and O–H groups in total. The summed E-state index contributed by atoms with van der Waals surface area (Å²) in [5.74, 6) is 0.183. The van der Waals surface area contributed by atoms with Crippen LogP contribution in [0, 0.1) is 0 Å². The number of H-pyrrole nitrogens is 1. The molecule has 2 atom stereocenters. The number of rotatable bonds is 5. The Morgan fingerprint density at radius 2 is 2.04 bits per heavy atom. The largest absolute Gasteiger partial charge is 0.345 e. The van der Waals surface area contributed by atoms with Crippen LogP contribution in [-0.2, 0) is 10.8 Å². The molecule has 1 amide bonds. The van der Waals surface area contributed by atoms with Gasteiger partial charge in [0.15, 0.2) is 0 Å². The molecule has 0 saturated heterocycles. The number of benzene rings is 2. The quantitative estimate of drug-likeness (QED) is 0.756. The maximum atomic E-state index is 12.5. The van der Waals surface area contributed by atoms with Crippen LogP contribution in [0.3, 0.4) is 0 Å². The van der Waals surface area contributed by atoms with Crippen LogP contribution in [0.4, 0.5) is 0 Å². The van der Waals surface area contributed by atoms with Gasteiger partial charge >= 0.3 is 0 Å². The van der Waals surface area contributed by atoms with Crippen molar-refractivity contribution in [2.24, 2.45) is 0 Å². The minimum Gasteiger partial charge on any atom is -0.345 e. The van der Waals surface area contributed by atoms with Crippen LogP contribution in [0.1, 0.15) is 22.0 Å². The summed E-state index contributed by atoms with van der Waals surface area (Å²) in [4.78, 5) is 19.7. The smallest absolute Gasteiger partial charge is 0.251 e. The number of nitrogens with one attached hydrogen (secondary N) is 2. The summed E-state index contributed by atoms with van der Waals surface area (Å²) in [6, 6.07) is 14.6. The highest BCUT2D eigenvalue weighted by atomic mass is 32.2. The van der Waals surface area contributed by atoms with E-state index >= 15 is 0 Å². The lowest BCUT2D eigenvalue weighted by atomic mass is 10.1. The van der Waals surface area contributed by atoms with Crippen molar-refractivity contribution in [1.29, 1.82) is 0 Å². The third-order valence-corrected chi connectivity index (χ3v) is 4.39. The zero-order valence-corrected chi connectivity index (χ0v) is 13.5. The van der Waals surface area contributed by atoms with E-state index in [1.54, 1.807) is 30.8 Å². The summed E-state index contributed by atoms with van der Waals surface area (Å²) >= 11 is 0. The Kier molecular flexibility index (Phi) is 4.52. The highest BCUT2D eigenvalue weighted by molar-refractivity contribution is 7.84. The molecule has 118 valence electrons. The molecule has 1 aromatic heterocycles. The molecule has 23 heavy (non-hydrogen) atoms. The Bertz CT molecular complexity index is 845. The number of fused-ring (bicyclic) bond motifs is 1. The third-order valence-electron chi connectivity index (χ3n) is 3.59. The summed E-state index contributed by atoms with van der Waals surface area (Å²) in [7, 11) is -1.02. The second kappa shape index (κ2) is 6.75. The molecule has 0 radical (unpaired) electrons. The molecule has 0 unspecified atom stereocenters. The van der Waals surface area contributed by atoms with Crippen LogP contribution in [0.2, 0.25) is 0 Å². The van der Waals surface area contributed by atoms with Crippen molar-refractivity contribution >= 4 is 27.7 Å². The number of carbonyl (C=O) groups is 1. The molecule has 3 aromatic rings. The van der Waals surface area contributed by atoms with Crippen LogP contribution in [0.5, 0.6) is 0 Å². The van der Waals surface area contributed by atoms with Crippen molar-refractivity contribution in [3.63, 3.8) is 0 Å².